The van der Waals surface area contributed by atoms with Crippen LogP contribution in [0.2, 0.25) is 0 Å². The number of unbranched alkanes of at least 4 members (excludes halogenated alkanes) is 1. The molecule has 0 fully saturated rings. The predicted octanol–water partition coefficient (Wildman–Crippen LogP) is 4.11. The lowest BCUT2D eigenvalue weighted by atomic mass is 10.0. The maximum Gasteiger partial charge on any atom is 0.120 e. The molecule has 3 heteroatoms. The third-order valence-electron chi connectivity index (χ3n) is 3.51. The molecule has 3 N–H and O–H groups in total. The molecule has 1 rings (SSSR count). The molecule has 2 unspecified atom stereocenters. The van der Waals surface area contributed by atoms with Gasteiger partial charge in [-0.05, 0) is 38.0 Å². The fourth-order valence-electron chi connectivity index (χ4n) is 2.44. The average Bonchev–Trinajstić information content (AvgIpc) is 2.39. The maximum absolute atomic E-state index is 9.87. The molecule has 0 spiro atoms. The van der Waals surface area contributed by atoms with Crippen molar-refractivity contribution in [2.24, 2.45) is 0 Å². The Morgan fingerprint density at radius 1 is 1.11 bits per heavy atom. The SMILES string of the molecule is CCCCC(CCC)NC(C)c1cc(O)ccc1O. The van der Waals surface area contributed by atoms with E-state index in [0.717, 1.165) is 24.8 Å². The van der Waals surface area contributed by atoms with E-state index in [9.17, 15) is 10.2 Å². The lowest BCUT2D eigenvalue weighted by Gasteiger charge is -2.24. The van der Waals surface area contributed by atoms with E-state index in [-0.39, 0.29) is 17.5 Å². The largest absolute Gasteiger partial charge is 0.508 e. The first kappa shape index (κ1) is 15.8. The van der Waals surface area contributed by atoms with Gasteiger partial charge in [0.05, 0.1) is 0 Å². The molecule has 108 valence electrons. The van der Waals surface area contributed by atoms with Crippen LogP contribution in [0.15, 0.2) is 18.2 Å². The quantitative estimate of drug-likeness (QED) is 0.620. The zero-order valence-electron chi connectivity index (χ0n) is 12.3. The third kappa shape index (κ3) is 5.11. The predicted molar refractivity (Wildman–Crippen MR) is 79.5 cm³/mol. The molecule has 0 saturated heterocycles. The molecule has 0 saturated carbocycles. The van der Waals surface area contributed by atoms with Crippen LogP contribution in [0.1, 0.15) is 64.5 Å². The molecule has 0 aromatic heterocycles. The summed E-state index contributed by atoms with van der Waals surface area (Å²) in [6.07, 6.45) is 5.88. The fraction of sp³-hybridized carbons (Fsp3) is 0.625. The van der Waals surface area contributed by atoms with E-state index < -0.39 is 0 Å². The maximum atomic E-state index is 9.87. The summed E-state index contributed by atoms with van der Waals surface area (Å²) in [5.74, 6) is 0.436. The van der Waals surface area contributed by atoms with E-state index >= 15 is 0 Å². The lowest BCUT2D eigenvalue weighted by Crippen LogP contribution is -2.31. The van der Waals surface area contributed by atoms with Crippen LogP contribution in [0.4, 0.5) is 0 Å². The Labute approximate surface area is 116 Å². The van der Waals surface area contributed by atoms with Crippen molar-refractivity contribution < 1.29 is 10.2 Å². The summed E-state index contributed by atoms with van der Waals surface area (Å²) in [7, 11) is 0. The zero-order chi connectivity index (χ0) is 14.3. The highest BCUT2D eigenvalue weighted by atomic mass is 16.3. The van der Waals surface area contributed by atoms with Crippen LogP contribution in [0, 0.1) is 0 Å². The summed E-state index contributed by atoms with van der Waals surface area (Å²) in [5.41, 5.74) is 0.762. The van der Waals surface area contributed by atoms with E-state index in [1.165, 1.54) is 18.9 Å². The minimum atomic E-state index is 0.0421. The Morgan fingerprint density at radius 3 is 2.47 bits per heavy atom. The molecule has 1 aromatic carbocycles. The third-order valence-corrected chi connectivity index (χ3v) is 3.51. The summed E-state index contributed by atoms with van der Waals surface area (Å²) < 4.78 is 0. The van der Waals surface area contributed by atoms with Gasteiger partial charge in [0.2, 0.25) is 0 Å². The number of phenols is 2. The van der Waals surface area contributed by atoms with Gasteiger partial charge in [-0.15, -0.1) is 0 Å². The van der Waals surface area contributed by atoms with Crippen molar-refractivity contribution in [1.82, 2.24) is 5.32 Å². The standard InChI is InChI=1S/C16H27NO2/c1-4-6-8-13(7-5-2)17-12(3)15-11-14(18)9-10-16(15)19/h9-13,17-19H,4-8H2,1-3H3. The van der Waals surface area contributed by atoms with E-state index in [1.807, 2.05) is 6.92 Å². The van der Waals surface area contributed by atoms with E-state index in [1.54, 1.807) is 12.1 Å². The molecule has 0 bridgehead atoms. The van der Waals surface area contributed by atoms with Crippen LogP contribution in [-0.4, -0.2) is 16.3 Å². The molecular weight excluding hydrogens is 238 g/mol. The Bertz CT molecular complexity index is 379. The molecule has 3 nitrogen and oxygen atoms in total. The molecular formula is C16H27NO2. The zero-order valence-corrected chi connectivity index (χ0v) is 12.3. The van der Waals surface area contributed by atoms with Gasteiger partial charge in [0.1, 0.15) is 11.5 Å². The van der Waals surface area contributed by atoms with E-state index in [4.69, 9.17) is 0 Å². The fourth-order valence-corrected chi connectivity index (χ4v) is 2.44. The molecule has 2 atom stereocenters. The number of benzene rings is 1. The van der Waals surface area contributed by atoms with Crippen molar-refractivity contribution >= 4 is 0 Å². The highest BCUT2D eigenvalue weighted by molar-refractivity contribution is 5.40. The van der Waals surface area contributed by atoms with Gasteiger partial charge in [0, 0.05) is 17.6 Å². The molecule has 0 aliphatic carbocycles. The van der Waals surface area contributed by atoms with Crippen LogP contribution in [-0.2, 0) is 0 Å². The number of nitrogens with one attached hydrogen (secondary N) is 1. The topological polar surface area (TPSA) is 52.5 Å². The second-order valence-corrected chi connectivity index (χ2v) is 5.26. The van der Waals surface area contributed by atoms with Crippen LogP contribution >= 0.6 is 0 Å². The second kappa shape index (κ2) is 8.05. The summed E-state index contributed by atoms with van der Waals surface area (Å²) >= 11 is 0. The van der Waals surface area contributed by atoms with Gasteiger partial charge in [-0.2, -0.15) is 0 Å². The van der Waals surface area contributed by atoms with E-state index in [2.05, 4.69) is 19.2 Å². The Hall–Kier alpha value is -1.22. The summed E-state index contributed by atoms with van der Waals surface area (Å²) in [4.78, 5) is 0. The monoisotopic (exact) mass is 265 g/mol. The molecule has 0 amide bonds. The van der Waals surface area contributed by atoms with Crippen molar-refractivity contribution in [1.29, 1.82) is 0 Å². The van der Waals surface area contributed by atoms with Gasteiger partial charge < -0.3 is 15.5 Å². The number of hydrogen-bond acceptors (Lipinski definition) is 3. The molecule has 0 aliphatic rings. The van der Waals surface area contributed by atoms with Gasteiger partial charge in [-0.1, -0.05) is 33.1 Å². The minimum Gasteiger partial charge on any atom is -0.508 e. The van der Waals surface area contributed by atoms with Crippen molar-refractivity contribution in [3.8, 4) is 11.5 Å². The minimum absolute atomic E-state index is 0.0421. The number of phenolic OH excluding ortho intramolecular Hbond substituents is 2. The molecule has 0 aliphatic heterocycles. The molecule has 0 radical (unpaired) electrons. The Balaban J connectivity index is 2.69. The van der Waals surface area contributed by atoms with Crippen molar-refractivity contribution in [3.63, 3.8) is 0 Å². The van der Waals surface area contributed by atoms with Crippen molar-refractivity contribution in [2.45, 2.75) is 65.0 Å². The van der Waals surface area contributed by atoms with Gasteiger partial charge in [-0.3, -0.25) is 0 Å². The van der Waals surface area contributed by atoms with Crippen LogP contribution in [0.3, 0.4) is 0 Å². The van der Waals surface area contributed by atoms with E-state index in [0.29, 0.717) is 6.04 Å². The smallest absolute Gasteiger partial charge is 0.120 e. The molecule has 19 heavy (non-hydrogen) atoms. The van der Waals surface area contributed by atoms with Crippen LogP contribution in [0.25, 0.3) is 0 Å². The van der Waals surface area contributed by atoms with Crippen LogP contribution in [0.5, 0.6) is 11.5 Å². The first-order valence-corrected chi connectivity index (χ1v) is 7.36. The number of aromatic hydroxyl groups is 2. The van der Waals surface area contributed by atoms with Crippen molar-refractivity contribution in [2.75, 3.05) is 0 Å². The highest BCUT2D eigenvalue weighted by Gasteiger charge is 2.15. The van der Waals surface area contributed by atoms with Crippen molar-refractivity contribution in [3.05, 3.63) is 23.8 Å². The highest BCUT2D eigenvalue weighted by Crippen LogP contribution is 2.28. The number of rotatable bonds is 8. The van der Waals surface area contributed by atoms with Gasteiger partial charge in [0.25, 0.3) is 0 Å². The summed E-state index contributed by atoms with van der Waals surface area (Å²) in [6.45, 7) is 6.42. The summed E-state index contributed by atoms with van der Waals surface area (Å²) in [5, 5.41) is 23.0. The van der Waals surface area contributed by atoms with Gasteiger partial charge >= 0.3 is 0 Å². The number of hydrogen-bond donors (Lipinski definition) is 3. The average molecular weight is 265 g/mol. The summed E-state index contributed by atoms with van der Waals surface area (Å²) in [6, 6.07) is 5.20. The first-order valence-electron chi connectivity index (χ1n) is 7.36. The Kier molecular flexibility index (Phi) is 6.71. The first-order chi connectivity index (χ1) is 9.08. The van der Waals surface area contributed by atoms with Crippen LogP contribution < -0.4 is 5.32 Å². The second-order valence-electron chi connectivity index (χ2n) is 5.26. The normalized spacial score (nSPS) is 14.3. The van der Waals surface area contributed by atoms with Gasteiger partial charge in [-0.25, -0.2) is 0 Å². The lowest BCUT2D eigenvalue weighted by molar-refractivity contribution is 0.383. The molecule has 1 aromatic rings. The van der Waals surface area contributed by atoms with Gasteiger partial charge in [0.15, 0.2) is 0 Å². The Morgan fingerprint density at radius 2 is 1.84 bits per heavy atom. The molecule has 0 heterocycles.